The van der Waals surface area contributed by atoms with Crippen molar-refractivity contribution in [3.63, 3.8) is 0 Å². The Bertz CT molecular complexity index is 1170. The lowest BCUT2D eigenvalue weighted by Crippen LogP contribution is -2.31. The van der Waals surface area contributed by atoms with E-state index >= 15 is 0 Å². The molecule has 0 spiro atoms. The van der Waals surface area contributed by atoms with Crippen molar-refractivity contribution in [2.75, 3.05) is 13.2 Å². The Morgan fingerprint density at radius 3 is 2.29 bits per heavy atom. The lowest BCUT2D eigenvalue weighted by molar-refractivity contribution is 0.0126. The molecule has 0 saturated carbocycles. The Balaban J connectivity index is 1.30. The zero-order valence-electron chi connectivity index (χ0n) is 18.0. The second-order valence-electron chi connectivity index (χ2n) is 7.95. The molecule has 2 atom stereocenters. The Morgan fingerprint density at radius 2 is 1.68 bits per heavy atom. The summed E-state index contributed by atoms with van der Waals surface area (Å²) >= 11 is 5.72. The molecule has 2 unspecified atom stereocenters. The van der Waals surface area contributed by atoms with Gasteiger partial charge in [0.15, 0.2) is 0 Å². The van der Waals surface area contributed by atoms with Crippen molar-refractivity contribution in [3.05, 3.63) is 88.2 Å². The number of carboxylic acids is 1. The van der Waals surface area contributed by atoms with Gasteiger partial charge in [0.05, 0.1) is 11.7 Å². The molecule has 1 heterocycles. The van der Waals surface area contributed by atoms with Crippen LogP contribution in [-0.4, -0.2) is 51.6 Å². The predicted octanol–water partition coefficient (Wildman–Crippen LogP) is 3.76. The summed E-state index contributed by atoms with van der Waals surface area (Å²) in [6, 6.07) is 17.1. The molecule has 1 amide bonds. The van der Waals surface area contributed by atoms with Gasteiger partial charge in [-0.1, -0.05) is 60.1 Å². The minimum absolute atomic E-state index is 0.0122. The number of nitrogens with zero attached hydrogens (tertiary/aromatic N) is 1. The number of aliphatic hydroxyl groups is 2. The van der Waals surface area contributed by atoms with Crippen molar-refractivity contribution in [3.8, 4) is 11.1 Å². The predicted molar refractivity (Wildman–Crippen MR) is 125 cm³/mol. The van der Waals surface area contributed by atoms with E-state index in [1.165, 1.54) is 0 Å². The molecule has 4 N–H and O–H groups in total. The minimum Gasteiger partial charge on any atom is -0.478 e. The molecule has 8 nitrogen and oxygen atoms in total. The number of ether oxygens (including phenoxy) is 1. The van der Waals surface area contributed by atoms with Gasteiger partial charge in [0.1, 0.15) is 17.9 Å². The Labute approximate surface area is 200 Å². The fourth-order valence-electron chi connectivity index (χ4n) is 4.20. The summed E-state index contributed by atoms with van der Waals surface area (Å²) in [6.45, 7) is 0.168. The summed E-state index contributed by atoms with van der Waals surface area (Å²) in [6.07, 6.45) is -2.43. The fourth-order valence-corrected chi connectivity index (χ4v) is 4.36. The summed E-state index contributed by atoms with van der Waals surface area (Å²) in [4.78, 5) is 27.4. The van der Waals surface area contributed by atoms with Crippen molar-refractivity contribution in [2.45, 2.75) is 24.5 Å². The van der Waals surface area contributed by atoms with Crippen LogP contribution in [0, 0.1) is 0 Å². The molecule has 0 radical (unpaired) electrons. The van der Waals surface area contributed by atoms with Gasteiger partial charge >= 0.3 is 12.1 Å². The van der Waals surface area contributed by atoms with E-state index in [1.807, 2.05) is 48.5 Å². The number of benzene rings is 2. The Kier molecular flexibility index (Phi) is 7.12. The highest BCUT2D eigenvalue weighted by Crippen LogP contribution is 2.44. The number of nitrogens with one attached hydrogen (secondary N) is 1. The van der Waals surface area contributed by atoms with Gasteiger partial charge in [-0.3, -0.25) is 0 Å². The number of carboxylic acid groups (broad SMARTS) is 1. The number of rotatable bonds is 8. The molecule has 1 aliphatic carbocycles. The van der Waals surface area contributed by atoms with E-state index in [0.29, 0.717) is 0 Å². The van der Waals surface area contributed by atoms with Crippen LogP contribution >= 0.6 is 11.6 Å². The monoisotopic (exact) mass is 482 g/mol. The average molecular weight is 483 g/mol. The Morgan fingerprint density at radius 1 is 1.06 bits per heavy atom. The van der Waals surface area contributed by atoms with Gasteiger partial charge in [-0.25, -0.2) is 14.6 Å². The number of amides is 1. The first-order valence-corrected chi connectivity index (χ1v) is 11.1. The number of alkyl carbamates (subject to hydrolysis) is 1. The zero-order valence-corrected chi connectivity index (χ0v) is 18.8. The molecule has 34 heavy (non-hydrogen) atoms. The number of aromatic carboxylic acids is 1. The number of aromatic nitrogens is 1. The van der Waals surface area contributed by atoms with Crippen molar-refractivity contribution >= 4 is 23.7 Å². The van der Waals surface area contributed by atoms with Gasteiger partial charge in [0, 0.05) is 24.2 Å². The van der Waals surface area contributed by atoms with E-state index in [9.17, 15) is 24.9 Å². The number of carbonyl (C=O) groups excluding carboxylic acids is 1. The van der Waals surface area contributed by atoms with E-state index in [4.69, 9.17) is 16.3 Å². The van der Waals surface area contributed by atoms with Crippen LogP contribution in [0.25, 0.3) is 11.1 Å². The third-order valence-corrected chi connectivity index (χ3v) is 6.07. The molecule has 3 aromatic rings. The van der Waals surface area contributed by atoms with Crippen LogP contribution in [0.5, 0.6) is 0 Å². The quantitative estimate of drug-likeness (QED) is 0.360. The number of hydrogen-bond donors (Lipinski definition) is 4. The third kappa shape index (κ3) is 4.89. The summed E-state index contributed by atoms with van der Waals surface area (Å²) in [5, 5.41) is 32.5. The molecule has 4 rings (SSSR count). The van der Waals surface area contributed by atoms with Crippen LogP contribution in [0.3, 0.4) is 0 Å². The zero-order chi connectivity index (χ0) is 24.2. The molecule has 0 bridgehead atoms. The molecule has 0 fully saturated rings. The van der Waals surface area contributed by atoms with Crippen LogP contribution in [-0.2, 0) is 4.74 Å². The second kappa shape index (κ2) is 10.2. The number of fused-ring (bicyclic) bond motifs is 3. The molecule has 0 saturated heterocycles. The van der Waals surface area contributed by atoms with E-state index < -0.39 is 24.3 Å². The van der Waals surface area contributed by atoms with Crippen molar-refractivity contribution in [1.82, 2.24) is 10.3 Å². The van der Waals surface area contributed by atoms with Crippen LogP contribution < -0.4 is 5.32 Å². The smallest absolute Gasteiger partial charge is 0.407 e. The van der Waals surface area contributed by atoms with Crippen molar-refractivity contribution in [1.29, 1.82) is 0 Å². The lowest BCUT2D eigenvalue weighted by Gasteiger charge is -2.20. The Hall–Kier alpha value is -3.46. The van der Waals surface area contributed by atoms with E-state index in [-0.39, 0.29) is 41.8 Å². The first-order chi connectivity index (χ1) is 16.4. The van der Waals surface area contributed by atoms with Gasteiger partial charge in [-0.2, -0.15) is 0 Å². The maximum absolute atomic E-state index is 12.2. The standard InChI is InChI=1S/C25H23ClN2O6/c26-22-11-18(24(31)32)19(12-28-22)23(30)21(29)9-10-27-25(33)34-13-20-16-7-3-1-5-14(16)15-6-2-4-8-17(15)20/h1-8,11-12,20-21,23,29-30H,9-10,13H2,(H,27,33)(H,31,32). The summed E-state index contributed by atoms with van der Waals surface area (Å²) in [5.74, 6) is -1.38. The average Bonchev–Trinajstić information content (AvgIpc) is 3.16. The largest absolute Gasteiger partial charge is 0.478 e. The minimum atomic E-state index is -1.51. The fraction of sp³-hybridized carbons (Fsp3) is 0.240. The summed E-state index contributed by atoms with van der Waals surface area (Å²) < 4.78 is 5.43. The first-order valence-electron chi connectivity index (χ1n) is 10.7. The molecular formula is C25H23ClN2O6. The highest BCUT2D eigenvalue weighted by molar-refractivity contribution is 6.29. The molecule has 9 heteroatoms. The van der Waals surface area contributed by atoms with Gasteiger partial charge in [0.2, 0.25) is 0 Å². The van der Waals surface area contributed by atoms with Gasteiger partial charge < -0.3 is 25.4 Å². The number of aliphatic hydroxyl groups excluding tert-OH is 2. The van der Waals surface area contributed by atoms with Crippen molar-refractivity contribution in [2.24, 2.45) is 0 Å². The summed E-state index contributed by atoms with van der Waals surface area (Å²) in [7, 11) is 0. The molecule has 0 aliphatic heterocycles. The van der Waals surface area contributed by atoms with Gasteiger partial charge in [-0.05, 0) is 34.7 Å². The van der Waals surface area contributed by atoms with Crippen LogP contribution in [0.2, 0.25) is 5.15 Å². The third-order valence-electron chi connectivity index (χ3n) is 5.87. The number of carbonyl (C=O) groups is 2. The van der Waals surface area contributed by atoms with Crippen molar-refractivity contribution < 1.29 is 29.6 Å². The van der Waals surface area contributed by atoms with Crippen LogP contribution in [0.15, 0.2) is 60.8 Å². The number of pyridine rings is 1. The number of halogens is 1. The highest BCUT2D eigenvalue weighted by atomic mass is 35.5. The second-order valence-corrected chi connectivity index (χ2v) is 8.34. The highest BCUT2D eigenvalue weighted by Gasteiger charge is 2.29. The molecule has 2 aromatic carbocycles. The van der Waals surface area contributed by atoms with Crippen LogP contribution in [0.4, 0.5) is 4.79 Å². The molecule has 1 aliphatic rings. The van der Waals surface area contributed by atoms with Gasteiger partial charge in [-0.15, -0.1) is 0 Å². The van der Waals surface area contributed by atoms with Crippen LogP contribution in [0.1, 0.15) is 45.5 Å². The number of hydrogen-bond acceptors (Lipinski definition) is 6. The molecule has 1 aromatic heterocycles. The maximum Gasteiger partial charge on any atom is 0.407 e. The maximum atomic E-state index is 12.2. The first kappa shape index (κ1) is 23.7. The van der Waals surface area contributed by atoms with E-state index in [2.05, 4.69) is 10.3 Å². The molecular weight excluding hydrogens is 460 g/mol. The van der Waals surface area contributed by atoms with E-state index in [0.717, 1.165) is 34.5 Å². The summed E-state index contributed by atoms with van der Waals surface area (Å²) in [5.41, 5.74) is 4.13. The normalized spacial score (nSPS) is 14.1. The lowest BCUT2D eigenvalue weighted by atomic mass is 9.98. The topological polar surface area (TPSA) is 129 Å². The van der Waals surface area contributed by atoms with Gasteiger partial charge in [0.25, 0.3) is 0 Å². The SMILES string of the molecule is O=C(NCCC(O)C(O)c1cnc(Cl)cc1C(=O)O)OCC1c2ccccc2-c2ccccc21. The molecule has 176 valence electrons. The van der Waals surface area contributed by atoms with E-state index in [1.54, 1.807) is 0 Å².